The van der Waals surface area contributed by atoms with Gasteiger partial charge < -0.3 is 14.4 Å². The number of hydrogen-bond donors (Lipinski definition) is 1. The molecule has 0 radical (unpaired) electrons. The molecule has 118 valence electrons. The SMILES string of the molecule is COc1ccc2c(C(=O)O)cn(Cc3cccc(F)c3F)c2c1. The molecule has 0 bridgehead atoms. The summed E-state index contributed by atoms with van der Waals surface area (Å²) in [6.07, 6.45) is 1.41. The number of hydrogen-bond acceptors (Lipinski definition) is 2. The van der Waals surface area contributed by atoms with Crippen LogP contribution in [-0.4, -0.2) is 22.8 Å². The third-order valence-electron chi connectivity index (χ3n) is 3.69. The van der Waals surface area contributed by atoms with Crippen molar-refractivity contribution in [1.82, 2.24) is 4.57 Å². The normalized spacial score (nSPS) is 10.9. The van der Waals surface area contributed by atoms with Gasteiger partial charge in [-0.3, -0.25) is 0 Å². The maximum absolute atomic E-state index is 13.9. The standard InChI is InChI=1S/C17H13F2NO3/c1-23-11-5-6-12-13(17(21)22)9-20(15(12)7-11)8-10-3-2-4-14(18)16(10)19/h2-7,9H,8H2,1H3,(H,21,22). The third-order valence-corrected chi connectivity index (χ3v) is 3.69. The van der Waals surface area contributed by atoms with E-state index in [9.17, 15) is 18.7 Å². The van der Waals surface area contributed by atoms with Crippen LogP contribution in [0.3, 0.4) is 0 Å². The fraction of sp³-hybridized carbons (Fsp3) is 0.118. The second-order valence-electron chi connectivity index (χ2n) is 5.07. The Balaban J connectivity index is 2.16. The van der Waals surface area contributed by atoms with Gasteiger partial charge in [-0.25, -0.2) is 13.6 Å². The first-order chi connectivity index (χ1) is 11.0. The number of ether oxygens (including phenoxy) is 1. The van der Waals surface area contributed by atoms with Crippen LogP contribution in [0.5, 0.6) is 5.75 Å². The minimum Gasteiger partial charge on any atom is -0.497 e. The number of carbonyl (C=O) groups is 1. The van der Waals surface area contributed by atoms with Gasteiger partial charge >= 0.3 is 5.97 Å². The third kappa shape index (κ3) is 2.63. The Kier molecular flexibility index (Phi) is 3.73. The molecule has 6 heteroatoms. The number of halogens is 2. The Morgan fingerprint density at radius 1 is 1.26 bits per heavy atom. The van der Waals surface area contributed by atoms with E-state index >= 15 is 0 Å². The number of methoxy groups -OCH3 is 1. The Bertz CT molecular complexity index is 902. The molecule has 3 aromatic rings. The molecule has 0 unspecified atom stereocenters. The van der Waals surface area contributed by atoms with Crippen LogP contribution in [0.15, 0.2) is 42.6 Å². The number of benzene rings is 2. The Morgan fingerprint density at radius 2 is 2.04 bits per heavy atom. The first kappa shape index (κ1) is 15.0. The van der Waals surface area contributed by atoms with Crippen molar-refractivity contribution >= 4 is 16.9 Å². The van der Waals surface area contributed by atoms with Crippen molar-refractivity contribution in [3.63, 3.8) is 0 Å². The summed E-state index contributed by atoms with van der Waals surface area (Å²) in [7, 11) is 1.50. The van der Waals surface area contributed by atoms with Crippen molar-refractivity contribution < 1.29 is 23.4 Å². The lowest BCUT2D eigenvalue weighted by atomic mass is 10.1. The average molecular weight is 317 g/mol. The monoisotopic (exact) mass is 317 g/mol. The maximum Gasteiger partial charge on any atom is 0.337 e. The first-order valence-corrected chi connectivity index (χ1v) is 6.84. The first-order valence-electron chi connectivity index (χ1n) is 6.84. The molecular formula is C17H13F2NO3. The average Bonchev–Trinajstić information content (AvgIpc) is 2.90. The van der Waals surface area contributed by atoms with Gasteiger partial charge in [0.2, 0.25) is 0 Å². The largest absolute Gasteiger partial charge is 0.497 e. The molecule has 0 saturated heterocycles. The van der Waals surface area contributed by atoms with Gasteiger partial charge in [0.25, 0.3) is 0 Å². The zero-order valence-corrected chi connectivity index (χ0v) is 12.2. The number of nitrogens with zero attached hydrogens (tertiary/aromatic N) is 1. The number of carboxylic acids is 1. The number of aromatic carboxylic acids is 1. The van der Waals surface area contributed by atoms with Crippen LogP contribution in [0.1, 0.15) is 15.9 Å². The number of rotatable bonds is 4. The van der Waals surface area contributed by atoms with Crippen molar-refractivity contribution in [2.75, 3.05) is 7.11 Å². The lowest BCUT2D eigenvalue weighted by molar-refractivity contribution is 0.0699. The zero-order chi connectivity index (χ0) is 16.6. The van der Waals surface area contributed by atoms with Crippen LogP contribution in [0.25, 0.3) is 10.9 Å². The van der Waals surface area contributed by atoms with Gasteiger partial charge in [0, 0.05) is 23.2 Å². The molecule has 0 aliphatic rings. The maximum atomic E-state index is 13.9. The molecule has 0 atom stereocenters. The Labute approximate surface area is 130 Å². The number of carboxylic acid groups (broad SMARTS) is 1. The number of aromatic nitrogens is 1. The van der Waals surface area contributed by atoms with E-state index in [0.717, 1.165) is 6.07 Å². The van der Waals surface area contributed by atoms with Crippen LogP contribution in [0.2, 0.25) is 0 Å². The van der Waals surface area contributed by atoms with Gasteiger partial charge in [-0.15, -0.1) is 0 Å². The fourth-order valence-corrected chi connectivity index (χ4v) is 2.55. The minimum absolute atomic E-state index is 0.0144. The van der Waals surface area contributed by atoms with E-state index < -0.39 is 17.6 Å². The topological polar surface area (TPSA) is 51.5 Å². The summed E-state index contributed by atoms with van der Waals surface area (Å²) in [5.74, 6) is -2.41. The van der Waals surface area contributed by atoms with E-state index in [1.807, 2.05) is 0 Å². The molecule has 0 saturated carbocycles. The highest BCUT2D eigenvalue weighted by molar-refractivity contribution is 6.03. The molecule has 2 aromatic carbocycles. The van der Waals surface area contributed by atoms with E-state index in [2.05, 4.69) is 0 Å². The Morgan fingerprint density at radius 3 is 2.74 bits per heavy atom. The van der Waals surface area contributed by atoms with Gasteiger partial charge in [-0.2, -0.15) is 0 Å². The molecule has 1 aromatic heterocycles. The van der Waals surface area contributed by atoms with Crippen LogP contribution < -0.4 is 4.74 Å². The van der Waals surface area contributed by atoms with E-state index in [0.29, 0.717) is 16.7 Å². The van der Waals surface area contributed by atoms with E-state index in [-0.39, 0.29) is 17.7 Å². The van der Waals surface area contributed by atoms with Crippen molar-refractivity contribution in [3.8, 4) is 5.75 Å². The molecule has 0 spiro atoms. The van der Waals surface area contributed by atoms with Gasteiger partial charge in [0.05, 0.1) is 24.7 Å². The Hall–Kier alpha value is -2.89. The molecule has 3 rings (SSSR count). The van der Waals surface area contributed by atoms with Crippen LogP contribution >= 0.6 is 0 Å². The van der Waals surface area contributed by atoms with Crippen LogP contribution in [0, 0.1) is 11.6 Å². The molecule has 23 heavy (non-hydrogen) atoms. The van der Waals surface area contributed by atoms with Crippen molar-refractivity contribution in [3.05, 3.63) is 65.4 Å². The zero-order valence-electron chi connectivity index (χ0n) is 12.2. The summed E-state index contributed by atoms with van der Waals surface area (Å²) < 4.78 is 33.9. The van der Waals surface area contributed by atoms with Crippen molar-refractivity contribution in [2.45, 2.75) is 6.54 Å². The summed E-state index contributed by atoms with van der Waals surface area (Å²) in [5, 5.41) is 9.82. The summed E-state index contributed by atoms with van der Waals surface area (Å²) in [6, 6.07) is 8.87. The molecule has 4 nitrogen and oxygen atoms in total. The summed E-state index contributed by atoms with van der Waals surface area (Å²) in [4.78, 5) is 11.4. The van der Waals surface area contributed by atoms with E-state index in [1.54, 1.807) is 22.8 Å². The molecular weight excluding hydrogens is 304 g/mol. The molecule has 0 aliphatic carbocycles. The van der Waals surface area contributed by atoms with Crippen LogP contribution in [0.4, 0.5) is 8.78 Å². The molecule has 0 fully saturated rings. The molecule has 1 heterocycles. The second kappa shape index (κ2) is 5.72. The lowest BCUT2D eigenvalue weighted by Crippen LogP contribution is -2.02. The lowest BCUT2D eigenvalue weighted by Gasteiger charge is -2.08. The summed E-state index contributed by atoms with van der Waals surface area (Å²) in [6.45, 7) is 0.0144. The second-order valence-corrected chi connectivity index (χ2v) is 5.07. The predicted octanol–water partition coefficient (Wildman–Crippen LogP) is 3.67. The van der Waals surface area contributed by atoms with E-state index in [1.165, 1.54) is 25.4 Å². The minimum atomic E-state index is -1.08. The summed E-state index contributed by atoms with van der Waals surface area (Å²) in [5.41, 5.74) is 0.812. The molecule has 1 N–H and O–H groups in total. The van der Waals surface area contributed by atoms with Crippen molar-refractivity contribution in [1.29, 1.82) is 0 Å². The van der Waals surface area contributed by atoms with E-state index in [4.69, 9.17) is 4.74 Å². The smallest absolute Gasteiger partial charge is 0.337 e. The van der Waals surface area contributed by atoms with Gasteiger partial charge in [-0.05, 0) is 18.2 Å². The van der Waals surface area contributed by atoms with Gasteiger partial charge in [0.15, 0.2) is 11.6 Å². The number of fused-ring (bicyclic) bond motifs is 1. The van der Waals surface area contributed by atoms with Crippen molar-refractivity contribution in [2.24, 2.45) is 0 Å². The highest BCUT2D eigenvalue weighted by Crippen LogP contribution is 2.27. The molecule has 0 amide bonds. The summed E-state index contributed by atoms with van der Waals surface area (Å²) >= 11 is 0. The highest BCUT2D eigenvalue weighted by Gasteiger charge is 2.16. The van der Waals surface area contributed by atoms with Gasteiger partial charge in [0.1, 0.15) is 5.75 Å². The van der Waals surface area contributed by atoms with Crippen LogP contribution in [-0.2, 0) is 6.54 Å². The molecule has 0 aliphatic heterocycles. The quantitative estimate of drug-likeness (QED) is 0.798. The fourth-order valence-electron chi connectivity index (χ4n) is 2.55. The predicted molar refractivity (Wildman–Crippen MR) is 80.9 cm³/mol. The van der Waals surface area contributed by atoms with Gasteiger partial charge in [-0.1, -0.05) is 12.1 Å². The highest BCUT2D eigenvalue weighted by atomic mass is 19.2.